The van der Waals surface area contributed by atoms with Crippen LogP contribution < -0.4 is 5.73 Å². The lowest BCUT2D eigenvalue weighted by atomic mass is 9.80. The minimum absolute atomic E-state index is 0.419. The zero-order valence-electron chi connectivity index (χ0n) is 16.5. The van der Waals surface area contributed by atoms with Crippen molar-refractivity contribution in [1.82, 2.24) is 24.4 Å². The SMILES string of the molecule is CN(C)CC1CC(n2cc(-c3cc4ncccc4cc3Cl)c3c(N)ncnc32)C1. The predicted molar refractivity (Wildman–Crippen MR) is 118 cm³/mol. The number of hydrogen-bond acceptors (Lipinski definition) is 5. The number of nitrogen functional groups attached to an aromatic ring is 1. The summed E-state index contributed by atoms with van der Waals surface area (Å²) in [4.78, 5) is 15.6. The molecule has 0 amide bonds. The Morgan fingerprint density at radius 3 is 2.79 bits per heavy atom. The number of nitrogens with zero attached hydrogens (tertiary/aromatic N) is 5. The predicted octanol–water partition coefficient (Wildman–Crippen LogP) is 4.39. The molecule has 3 aromatic heterocycles. The van der Waals surface area contributed by atoms with Crippen molar-refractivity contribution in [3.63, 3.8) is 0 Å². The number of anilines is 1. The van der Waals surface area contributed by atoms with E-state index in [1.54, 1.807) is 6.20 Å². The zero-order chi connectivity index (χ0) is 20.1. The van der Waals surface area contributed by atoms with E-state index in [0.29, 0.717) is 22.8 Å². The van der Waals surface area contributed by atoms with E-state index in [1.165, 1.54) is 6.33 Å². The molecule has 0 spiro atoms. The Bertz CT molecular complexity index is 1210. The number of fused-ring (bicyclic) bond motifs is 2. The van der Waals surface area contributed by atoms with Crippen LogP contribution in [0.4, 0.5) is 5.82 Å². The first-order chi connectivity index (χ1) is 14.0. The van der Waals surface area contributed by atoms with Crippen molar-refractivity contribution in [2.75, 3.05) is 26.4 Å². The number of pyridine rings is 1. The second-order valence-electron chi connectivity index (χ2n) is 8.19. The van der Waals surface area contributed by atoms with Gasteiger partial charge in [-0.2, -0.15) is 0 Å². The number of halogens is 1. The summed E-state index contributed by atoms with van der Waals surface area (Å²) < 4.78 is 2.26. The zero-order valence-corrected chi connectivity index (χ0v) is 17.3. The van der Waals surface area contributed by atoms with Crippen molar-refractivity contribution in [3.05, 3.63) is 48.0 Å². The van der Waals surface area contributed by atoms with Crippen molar-refractivity contribution in [1.29, 1.82) is 0 Å². The van der Waals surface area contributed by atoms with Crippen LogP contribution in [0.15, 0.2) is 43.0 Å². The second-order valence-corrected chi connectivity index (χ2v) is 8.60. The molecule has 148 valence electrons. The molecule has 0 saturated heterocycles. The summed E-state index contributed by atoms with van der Waals surface area (Å²) in [5.74, 6) is 1.19. The van der Waals surface area contributed by atoms with E-state index in [1.807, 2.05) is 24.3 Å². The molecule has 1 aliphatic carbocycles. The minimum Gasteiger partial charge on any atom is -0.383 e. The van der Waals surface area contributed by atoms with Crippen LogP contribution in [0.3, 0.4) is 0 Å². The highest BCUT2D eigenvalue weighted by Crippen LogP contribution is 2.44. The van der Waals surface area contributed by atoms with Gasteiger partial charge in [0.15, 0.2) is 0 Å². The average Bonchev–Trinajstić information content (AvgIpc) is 3.04. The maximum Gasteiger partial charge on any atom is 0.146 e. The standard InChI is InChI=1S/C22H23ClN6/c1-28(2)10-13-6-15(7-13)29-11-17(20-21(24)26-12-27-22(20)29)16-9-19-14(8-18(16)23)4-3-5-25-19/h3-5,8-9,11-13,15H,6-7,10H2,1-2H3,(H2,24,26,27). The molecular weight excluding hydrogens is 384 g/mol. The third-order valence-electron chi connectivity index (χ3n) is 5.85. The molecule has 0 aliphatic heterocycles. The molecule has 0 radical (unpaired) electrons. The third kappa shape index (κ3) is 3.12. The quantitative estimate of drug-likeness (QED) is 0.544. The van der Waals surface area contributed by atoms with Gasteiger partial charge in [0.2, 0.25) is 0 Å². The highest BCUT2D eigenvalue weighted by atomic mass is 35.5. The summed E-state index contributed by atoms with van der Waals surface area (Å²) in [6.45, 7) is 1.11. The molecule has 1 saturated carbocycles. The summed E-state index contributed by atoms with van der Waals surface area (Å²) in [5.41, 5.74) is 9.94. The van der Waals surface area contributed by atoms with Crippen LogP contribution >= 0.6 is 11.6 Å². The van der Waals surface area contributed by atoms with E-state index in [4.69, 9.17) is 17.3 Å². The van der Waals surface area contributed by atoms with Crippen LogP contribution in [0.5, 0.6) is 0 Å². The van der Waals surface area contributed by atoms with E-state index in [0.717, 1.165) is 52.4 Å². The molecule has 29 heavy (non-hydrogen) atoms. The fourth-order valence-corrected chi connectivity index (χ4v) is 4.76. The monoisotopic (exact) mass is 406 g/mol. The molecule has 1 aliphatic rings. The Labute approximate surface area is 174 Å². The molecule has 0 bridgehead atoms. The van der Waals surface area contributed by atoms with Gasteiger partial charge in [0, 0.05) is 46.5 Å². The topological polar surface area (TPSA) is 72.9 Å². The van der Waals surface area contributed by atoms with E-state index in [9.17, 15) is 0 Å². The normalized spacial score (nSPS) is 19.2. The van der Waals surface area contributed by atoms with Gasteiger partial charge in [-0.3, -0.25) is 4.98 Å². The van der Waals surface area contributed by atoms with Crippen LogP contribution in [-0.4, -0.2) is 45.1 Å². The van der Waals surface area contributed by atoms with Gasteiger partial charge in [0.25, 0.3) is 0 Å². The first-order valence-electron chi connectivity index (χ1n) is 9.81. The first kappa shape index (κ1) is 18.3. The average molecular weight is 407 g/mol. The van der Waals surface area contributed by atoms with Crippen LogP contribution in [0.25, 0.3) is 33.1 Å². The summed E-state index contributed by atoms with van der Waals surface area (Å²) in [7, 11) is 4.25. The van der Waals surface area contributed by atoms with E-state index in [-0.39, 0.29) is 0 Å². The second kappa shape index (κ2) is 6.97. The highest BCUT2D eigenvalue weighted by Gasteiger charge is 2.32. The Balaban J connectivity index is 1.63. The molecular formula is C22H23ClN6. The maximum absolute atomic E-state index is 6.68. The Morgan fingerprint density at radius 2 is 2.00 bits per heavy atom. The van der Waals surface area contributed by atoms with Gasteiger partial charge in [-0.05, 0) is 51.1 Å². The summed E-state index contributed by atoms with van der Waals surface area (Å²) in [6, 6.07) is 8.33. The van der Waals surface area contributed by atoms with Gasteiger partial charge in [0.1, 0.15) is 17.8 Å². The van der Waals surface area contributed by atoms with E-state index >= 15 is 0 Å². The van der Waals surface area contributed by atoms with Crippen molar-refractivity contribution in [3.8, 4) is 11.1 Å². The van der Waals surface area contributed by atoms with Crippen molar-refractivity contribution < 1.29 is 0 Å². The lowest BCUT2D eigenvalue weighted by Crippen LogP contribution is -2.33. The van der Waals surface area contributed by atoms with Gasteiger partial charge < -0.3 is 15.2 Å². The van der Waals surface area contributed by atoms with Gasteiger partial charge in [-0.1, -0.05) is 17.7 Å². The van der Waals surface area contributed by atoms with Gasteiger partial charge in [-0.15, -0.1) is 0 Å². The highest BCUT2D eigenvalue weighted by molar-refractivity contribution is 6.34. The van der Waals surface area contributed by atoms with Crippen LogP contribution in [0.1, 0.15) is 18.9 Å². The van der Waals surface area contributed by atoms with Crippen molar-refractivity contribution >= 4 is 39.4 Å². The number of benzene rings is 1. The molecule has 3 heterocycles. The Kier molecular flexibility index (Phi) is 4.41. The molecule has 7 heteroatoms. The van der Waals surface area contributed by atoms with Crippen LogP contribution in [0, 0.1) is 5.92 Å². The number of aromatic nitrogens is 4. The van der Waals surface area contributed by atoms with Gasteiger partial charge >= 0.3 is 0 Å². The molecule has 5 rings (SSSR count). The van der Waals surface area contributed by atoms with E-state index in [2.05, 4.69) is 44.7 Å². The molecule has 1 fully saturated rings. The first-order valence-corrected chi connectivity index (χ1v) is 10.2. The number of nitrogens with two attached hydrogens (primary N) is 1. The molecule has 6 nitrogen and oxygen atoms in total. The summed E-state index contributed by atoms with van der Waals surface area (Å²) in [6.07, 6.45) is 7.75. The van der Waals surface area contributed by atoms with Crippen molar-refractivity contribution in [2.24, 2.45) is 5.92 Å². The lowest BCUT2D eigenvalue weighted by molar-refractivity contribution is 0.159. The van der Waals surface area contributed by atoms with Crippen molar-refractivity contribution in [2.45, 2.75) is 18.9 Å². The lowest BCUT2D eigenvalue weighted by Gasteiger charge is -2.38. The summed E-state index contributed by atoms with van der Waals surface area (Å²) in [5, 5.41) is 2.55. The Hall–Kier alpha value is -2.70. The number of rotatable bonds is 4. The fourth-order valence-electron chi connectivity index (χ4n) is 4.48. The third-order valence-corrected chi connectivity index (χ3v) is 6.16. The molecule has 4 aromatic rings. The molecule has 2 N–H and O–H groups in total. The Morgan fingerprint density at radius 1 is 1.17 bits per heavy atom. The van der Waals surface area contributed by atoms with Gasteiger partial charge in [-0.25, -0.2) is 9.97 Å². The van der Waals surface area contributed by atoms with Gasteiger partial charge in [0.05, 0.1) is 10.9 Å². The molecule has 1 aromatic carbocycles. The number of hydrogen-bond donors (Lipinski definition) is 1. The maximum atomic E-state index is 6.68. The van der Waals surface area contributed by atoms with Crippen LogP contribution in [0.2, 0.25) is 5.02 Å². The molecule has 0 unspecified atom stereocenters. The molecule has 0 atom stereocenters. The minimum atomic E-state index is 0.419. The summed E-state index contributed by atoms with van der Waals surface area (Å²) >= 11 is 6.68. The fraction of sp³-hybridized carbons (Fsp3) is 0.318. The van der Waals surface area contributed by atoms with E-state index < -0.39 is 0 Å². The largest absolute Gasteiger partial charge is 0.383 e. The van der Waals surface area contributed by atoms with Crippen LogP contribution in [-0.2, 0) is 0 Å². The smallest absolute Gasteiger partial charge is 0.146 e.